The molecule has 3 heterocycles. The van der Waals surface area contributed by atoms with Gasteiger partial charge in [0, 0.05) is 36.4 Å². The van der Waals surface area contributed by atoms with Crippen LogP contribution in [-0.2, 0) is 15.4 Å². The monoisotopic (exact) mass is 443 g/mol. The summed E-state index contributed by atoms with van der Waals surface area (Å²) < 4.78 is 32.6. The van der Waals surface area contributed by atoms with E-state index in [4.69, 9.17) is 4.52 Å². The van der Waals surface area contributed by atoms with E-state index in [9.17, 15) is 13.2 Å². The fourth-order valence-corrected chi connectivity index (χ4v) is 6.00. The van der Waals surface area contributed by atoms with Crippen molar-refractivity contribution in [1.82, 2.24) is 24.7 Å². The topological polar surface area (TPSA) is 121 Å². The van der Waals surface area contributed by atoms with Crippen LogP contribution >= 0.6 is 0 Å². The standard InChI is InChI=1S/C21H25N5O4S/c1-3-31(28,29)25-17-9-16-11-26(12-21(16,10-17)20-23-13(2)24-30-20)19(27)15-5-4-14-6-7-22-18(14)8-15/h4-8,16-17,22,25H,3,9-12H2,1-2H3/t16?,17-,21+/m1/s1. The van der Waals surface area contributed by atoms with Gasteiger partial charge in [-0.1, -0.05) is 11.2 Å². The molecule has 3 aromatic rings. The molecule has 1 aliphatic carbocycles. The van der Waals surface area contributed by atoms with Gasteiger partial charge in [-0.15, -0.1) is 0 Å². The van der Waals surface area contributed by atoms with Gasteiger partial charge in [-0.25, -0.2) is 13.1 Å². The summed E-state index contributed by atoms with van der Waals surface area (Å²) in [4.78, 5) is 22.8. The number of hydrogen-bond acceptors (Lipinski definition) is 6. The number of aryl methyl sites for hydroxylation is 1. The molecule has 2 aromatic heterocycles. The Kier molecular flexibility index (Phi) is 4.67. The van der Waals surface area contributed by atoms with Gasteiger partial charge in [0.15, 0.2) is 5.82 Å². The molecule has 1 amide bonds. The van der Waals surface area contributed by atoms with Gasteiger partial charge in [0.05, 0.1) is 11.2 Å². The summed E-state index contributed by atoms with van der Waals surface area (Å²) in [6.07, 6.45) is 3.00. The summed E-state index contributed by atoms with van der Waals surface area (Å²) in [6.45, 7) is 4.32. The maximum absolute atomic E-state index is 13.3. The molecule has 1 saturated heterocycles. The molecule has 1 saturated carbocycles. The second-order valence-electron chi connectivity index (χ2n) is 8.62. The van der Waals surface area contributed by atoms with E-state index in [2.05, 4.69) is 19.8 Å². The van der Waals surface area contributed by atoms with Crippen molar-refractivity contribution in [3.8, 4) is 0 Å². The summed E-state index contributed by atoms with van der Waals surface area (Å²) in [5.74, 6) is 1.04. The van der Waals surface area contributed by atoms with E-state index in [1.54, 1.807) is 13.8 Å². The van der Waals surface area contributed by atoms with E-state index < -0.39 is 15.4 Å². The van der Waals surface area contributed by atoms with Crippen LogP contribution in [0.25, 0.3) is 10.9 Å². The zero-order chi connectivity index (χ0) is 21.8. The average Bonchev–Trinajstić information content (AvgIpc) is 3.49. The minimum Gasteiger partial charge on any atom is -0.361 e. The van der Waals surface area contributed by atoms with Crippen molar-refractivity contribution in [2.75, 3.05) is 18.8 Å². The molecule has 1 aromatic carbocycles. The lowest BCUT2D eigenvalue weighted by Crippen LogP contribution is -2.39. The minimum absolute atomic E-state index is 0.0344. The van der Waals surface area contributed by atoms with Crippen LogP contribution in [0.4, 0.5) is 0 Å². The lowest BCUT2D eigenvalue weighted by molar-refractivity contribution is 0.0773. The Bertz CT molecular complexity index is 1250. The van der Waals surface area contributed by atoms with Crippen LogP contribution in [-0.4, -0.2) is 59.2 Å². The predicted octanol–water partition coefficient (Wildman–Crippen LogP) is 1.97. The number of aromatic nitrogens is 3. The van der Waals surface area contributed by atoms with E-state index >= 15 is 0 Å². The number of carbonyl (C=O) groups is 1. The van der Waals surface area contributed by atoms with Crippen LogP contribution in [0.15, 0.2) is 35.0 Å². The Morgan fingerprint density at radius 2 is 2.23 bits per heavy atom. The molecule has 31 heavy (non-hydrogen) atoms. The van der Waals surface area contributed by atoms with Crippen LogP contribution in [0.5, 0.6) is 0 Å². The van der Waals surface area contributed by atoms with Crippen LogP contribution in [0.2, 0.25) is 0 Å². The molecule has 164 valence electrons. The number of likely N-dealkylation sites (tertiary alicyclic amines) is 1. The minimum atomic E-state index is -3.33. The Hall–Kier alpha value is -2.72. The van der Waals surface area contributed by atoms with Crippen LogP contribution in [0.1, 0.15) is 41.8 Å². The lowest BCUT2D eigenvalue weighted by Gasteiger charge is -2.25. The maximum Gasteiger partial charge on any atom is 0.253 e. The van der Waals surface area contributed by atoms with Gasteiger partial charge < -0.3 is 14.4 Å². The molecule has 10 heteroatoms. The summed E-state index contributed by atoms with van der Waals surface area (Å²) in [5, 5.41) is 5.01. The van der Waals surface area contributed by atoms with Crippen molar-refractivity contribution in [3.63, 3.8) is 0 Å². The molecule has 1 aliphatic heterocycles. The van der Waals surface area contributed by atoms with Gasteiger partial charge in [-0.2, -0.15) is 4.98 Å². The molecular formula is C21H25N5O4S. The maximum atomic E-state index is 13.3. The highest BCUT2D eigenvalue weighted by atomic mass is 32.2. The fraction of sp³-hybridized carbons (Fsp3) is 0.476. The number of sulfonamides is 1. The van der Waals surface area contributed by atoms with Crippen LogP contribution in [0, 0.1) is 12.8 Å². The number of hydrogen-bond donors (Lipinski definition) is 2. The number of carbonyl (C=O) groups excluding carboxylic acids is 1. The predicted molar refractivity (Wildman–Crippen MR) is 114 cm³/mol. The molecule has 2 aliphatic rings. The third-order valence-corrected chi connectivity index (χ3v) is 8.10. The third-order valence-electron chi connectivity index (χ3n) is 6.64. The first-order valence-electron chi connectivity index (χ1n) is 10.5. The number of H-pyrrole nitrogens is 1. The van der Waals surface area contributed by atoms with Crippen LogP contribution < -0.4 is 4.72 Å². The third kappa shape index (κ3) is 3.43. The molecule has 0 radical (unpaired) electrons. The van der Waals surface area contributed by atoms with Crippen molar-refractivity contribution in [2.24, 2.45) is 5.92 Å². The highest BCUT2D eigenvalue weighted by Gasteiger charge is 2.58. The molecule has 0 bridgehead atoms. The lowest BCUT2D eigenvalue weighted by atomic mass is 9.80. The van der Waals surface area contributed by atoms with Gasteiger partial charge in [-0.05, 0) is 56.2 Å². The van der Waals surface area contributed by atoms with Crippen molar-refractivity contribution >= 4 is 26.8 Å². The molecule has 3 atom stereocenters. The number of fused-ring (bicyclic) bond motifs is 2. The van der Waals surface area contributed by atoms with Gasteiger partial charge in [0.1, 0.15) is 0 Å². The fourth-order valence-electron chi connectivity index (χ4n) is 5.15. The largest absolute Gasteiger partial charge is 0.361 e. The summed E-state index contributed by atoms with van der Waals surface area (Å²) >= 11 is 0. The Balaban J connectivity index is 1.44. The number of aromatic amines is 1. The van der Waals surface area contributed by atoms with E-state index in [1.807, 2.05) is 35.4 Å². The van der Waals surface area contributed by atoms with E-state index in [0.717, 1.165) is 10.9 Å². The Morgan fingerprint density at radius 1 is 1.39 bits per heavy atom. The SMILES string of the molecule is CCS(=O)(=O)N[C@@H]1CC2CN(C(=O)c3ccc4cc[nH]c4c3)C[C@@]2(c2nc(C)no2)C1. The molecular weight excluding hydrogens is 418 g/mol. The first-order valence-corrected chi connectivity index (χ1v) is 12.1. The first-order chi connectivity index (χ1) is 14.8. The van der Waals surface area contributed by atoms with E-state index in [1.165, 1.54) is 0 Å². The Morgan fingerprint density at radius 3 is 2.97 bits per heavy atom. The summed E-state index contributed by atoms with van der Waals surface area (Å²) in [5.41, 5.74) is 0.991. The number of rotatable bonds is 5. The van der Waals surface area contributed by atoms with Gasteiger partial charge in [0.2, 0.25) is 15.9 Å². The van der Waals surface area contributed by atoms with Crippen LogP contribution in [0.3, 0.4) is 0 Å². The highest BCUT2D eigenvalue weighted by Crippen LogP contribution is 2.50. The molecule has 5 rings (SSSR count). The highest BCUT2D eigenvalue weighted by molar-refractivity contribution is 7.89. The van der Waals surface area contributed by atoms with E-state index in [0.29, 0.717) is 43.2 Å². The molecule has 1 unspecified atom stereocenters. The molecule has 9 nitrogen and oxygen atoms in total. The van der Waals surface area contributed by atoms with E-state index in [-0.39, 0.29) is 23.6 Å². The zero-order valence-electron chi connectivity index (χ0n) is 17.5. The molecule has 2 fully saturated rings. The van der Waals surface area contributed by atoms with Crippen molar-refractivity contribution < 1.29 is 17.7 Å². The first kappa shape index (κ1) is 20.2. The average molecular weight is 444 g/mol. The summed E-state index contributed by atoms with van der Waals surface area (Å²) in [7, 11) is -3.33. The van der Waals surface area contributed by atoms with Crippen molar-refractivity contribution in [2.45, 2.75) is 38.1 Å². The van der Waals surface area contributed by atoms with Gasteiger partial charge in [0.25, 0.3) is 5.91 Å². The Labute approximate surface area is 180 Å². The van der Waals surface area contributed by atoms with Crippen molar-refractivity contribution in [3.05, 3.63) is 47.7 Å². The number of nitrogens with one attached hydrogen (secondary N) is 2. The zero-order valence-corrected chi connectivity index (χ0v) is 18.3. The number of nitrogens with zero attached hydrogens (tertiary/aromatic N) is 3. The molecule has 2 N–H and O–H groups in total. The number of benzene rings is 1. The normalized spacial score (nSPS) is 25.9. The number of amides is 1. The second kappa shape index (κ2) is 7.16. The van der Waals surface area contributed by atoms with Crippen molar-refractivity contribution in [1.29, 1.82) is 0 Å². The molecule has 0 spiro atoms. The van der Waals surface area contributed by atoms with Gasteiger partial charge >= 0.3 is 0 Å². The van der Waals surface area contributed by atoms with Gasteiger partial charge in [-0.3, -0.25) is 4.79 Å². The quantitative estimate of drug-likeness (QED) is 0.622. The second-order valence-corrected chi connectivity index (χ2v) is 10.7. The smallest absolute Gasteiger partial charge is 0.253 e. The summed E-state index contributed by atoms with van der Waals surface area (Å²) in [6, 6.07) is 7.40.